The van der Waals surface area contributed by atoms with Gasteiger partial charge in [0.15, 0.2) is 0 Å². The summed E-state index contributed by atoms with van der Waals surface area (Å²) in [7, 11) is 1.22. The van der Waals surface area contributed by atoms with Crippen molar-refractivity contribution in [3.05, 3.63) is 29.8 Å². The molecular formula is C22H31F2N5O5. The summed E-state index contributed by atoms with van der Waals surface area (Å²) >= 11 is 0. The van der Waals surface area contributed by atoms with Crippen molar-refractivity contribution in [2.75, 3.05) is 18.9 Å². The number of hydrogen-bond donors (Lipinski definition) is 4. The maximum atomic E-state index is 14.0. The largest absolute Gasteiger partial charge is 0.465 e. The van der Waals surface area contributed by atoms with E-state index in [2.05, 4.69) is 10.6 Å². The van der Waals surface area contributed by atoms with Crippen LogP contribution in [0, 0.1) is 17.0 Å². The Kier molecular flexibility index (Phi) is 8.19. The van der Waals surface area contributed by atoms with E-state index in [9.17, 15) is 28.0 Å². The third-order valence-electron chi connectivity index (χ3n) is 5.79. The van der Waals surface area contributed by atoms with Crippen molar-refractivity contribution in [3.8, 4) is 0 Å². The van der Waals surface area contributed by atoms with Gasteiger partial charge in [-0.2, -0.15) is 0 Å². The summed E-state index contributed by atoms with van der Waals surface area (Å²) in [5, 5.41) is 13.9. The SMILES string of the molecule is CC(C(=O)NC(C(=O)N1CC(N)C[C@H]1C(=O)Nc1c(F)cccc1F)C(C)(C)C)N(C)C(=O)O. The number of para-hydroxylation sites is 1. The minimum atomic E-state index is -1.32. The lowest BCUT2D eigenvalue weighted by Gasteiger charge is -2.36. The highest BCUT2D eigenvalue weighted by atomic mass is 19.1. The van der Waals surface area contributed by atoms with E-state index in [0.717, 1.165) is 23.1 Å². The van der Waals surface area contributed by atoms with Gasteiger partial charge in [-0.25, -0.2) is 13.6 Å². The lowest BCUT2D eigenvalue weighted by atomic mass is 9.85. The van der Waals surface area contributed by atoms with Crippen molar-refractivity contribution >= 4 is 29.5 Å². The fraction of sp³-hybridized carbons (Fsp3) is 0.545. The number of carboxylic acid groups (broad SMARTS) is 1. The Bertz CT molecular complexity index is 947. The number of carbonyl (C=O) groups is 4. The molecule has 0 saturated carbocycles. The maximum absolute atomic E-state index is 14.0. The summed E-state index contributed by atoms with van der Waals surface area (Å²) in [6.45, 7) is 6.45. The van der Waals surface area contributed by atoms with E-state index < -0.39 is 70.7 Å². The number of nitrogens with two attached hydrogens (primary N) is 1. The van der Waals surface area contributed by atoms with Gasteiger partial charge in [0.25, 0.3) is 0 Å². The highest BCUT2D eigenvalue weighted by molar-refractivity contribution is 5.99. The highest BCUT2D eigenvalue weighted by Gasteiger charge is 2.44. The molecule has 0 aromatic heterocycles. The zero-order valence-corrected chi connectivity index (χ0v) is 19.8. The molecule has 188 valence electrons. The van der Waals surface area contributed by atoms with E-state index in [-0.39, 0.29) is 13.0 Å². The summed E-state index contributed by atoms with van der Waals surface area (Å²) in [5.41, 5.74) is 4.54. The minimum Gasteiger partial charge on any atom is -0.465 e. The van der Waals surface area contributed by atoms with Crippen molar-refractivity contribution in [1.82, 2.24) is 15.1 Å². The molecule has 1 fully saturated rings. The first-order chi connectivity index (χ1) is 15.6. The number of hydrogen-bond acceptors (Lipinski definition) is 5. The molecule has 0 spiro atoms. The molecule has 12 heteroatoms. The molecule has 5 N–H and O–H groups in total. The van der Waals surface area contributed by atoms with Gasteiger partial charge in [-0.1, -0.05) is 26.8 Å². The Balaban J connectivity index is 2.28. The second-order valence-electron chi connectivity index (χ2n) is 9.47. The van der Waals surface area contributed by atoms with Crippen molar-refractivity contribution in [1.29, 1.82) is 0 Å². The Morgan fingerprint density at radius 3 is 2.26 bits per heavy atom. The lowest BCUT2D eigenvalue weighted by molar-refractivity contribution is -0.143. The Morgan fingerprint density at radius 2 is 1.76 bits per heavy atom. The monoisotopic (exact) mass is 483 g/mol. The van der Waals surface area contributed by atoms with Crippen LogP contribution in [-0.4, -0.2) is 76.5 Å². The second kappa shape index (κ2) is 10.3. The molecule has 1 aromatic carbocycles. The van der Waals surface area contributed by atoms with Gasteiger partial charge in [0.1, 0.15) is 35.4 Å². The van der Waals surface area contributed by atoms with Crippen molar-refractivity contribution in [3.63, 3.8) is 0 Å². The number of likely N-dealkylation sites (N-methyl/N-ethyl adjacent to an activating group) is 1. The van der Waals surface area contributed by atoms with Gasteiger partial charge in [-0.15, -0.1) is 0 Å². The van der Waals surface area contributed by atoms with Gasteiger partial charge >= 0.3 is 6.09 Å². The summed E-state index contributed by atoms with van der Waals surface area (Å²) in [6.07, 6.45) is -1.26. The maximum Gasteiger partial charge on any atom is 0.407 e. The molecule has 0 radical (unpaired) electrons. The molecule has 10 nitrogen and oxygen atoms in total. The van der Waals surface area contributed by atoms with Crippen LogP contribution in [0.3, 0.4) is 0 Å². The smallest absolute Gasteiger partial charge is 0.407 e. The van der Waals surface area contributed by atoms with Gasteiger partial charge in [-0.3, -0.25) is 19.3 Å². The predicted octanol–water partition coefficient (Wildman–Crippen LogP) is 1.36. The lowest BCUT2D eigenvalue weighted by Crippen LogP contribution is -2.59. The van der Waals surface area contributed by atoms with Crippen LogP contribution in [0.5, 0.6) is 0 Å². The average Bonchev–Trinajstić information content (AvgIpc) is 3.13. The summed E-state index contributed by atoms with van der Waals surface area (Å²) in [6, 6.07) is -0.776. The number of likely N-dealkylation sites (tertiary alicyclic amines) is 1. The normalized spacial score (nSPS) is 19.8. The molecule has 4 amide bonds. The minimum absolute atomic E-state index is 0.0102. The van der Waals surface area contributed by atoms with Crippen LogP contribution in [0.2, 0.25) is 0 Å². The van der Waals surface area contributed by atoms with Crippen LogP contribution < -0.4 is 16.4 Å². The molecular weight excluding hydrogens is 452 g/mol. The van der Waals surface area contributed by atoms with E-state index in [1.165, 1.54) is 18.9 Å². The summed E-state index contributed by atoms with van der Waals surface area (Å²) < 4.78 is 28.0. The van der Waals surface area contributed by atoms with Gasteiger partial charge in [0, 0.05) is 19.6 Å². The van der Waals surface area contributed by atoms with E-state index in [0.29, 0.717) is 0 Å². The number of rotatable bonds is 6. The summed E-state index contributed by atoms with van der Waals surface area (Å²) in [5.74, 6) is -4.07. The van der Waals surface area contributed by atoms with Crippen LogP contribution in [-0.2, 0) is 14.4 Å². The number of anilines is 1. The topological polar surface area (TPSA) is 145 Å². The van der Waals surface area contributed by atoms with Gasteiger partial charge in [0.2, 0.25) is 17.7 Å². The first kappa shape index (κ1) is 27.0. The first-order valence-corrected chi connectivity index (χ1v) is 10.7. The quantitative estimate of drug-likeness (QED) is 0.481. The molecule has 3 unspecified atom stereocenters. The fourth-order valence-corrected chi connectivity index (χ4v) is 3.60. The van der Waals surface area contributed by atoms with E-state index >= 15 is 0 Å². The molecule has 4 atom stereocenters. The first-order valence-electron chi connectivity index (χ1n) is 10.7. The van der Waals surface area contributed by atoms with E-state index in [4.69, 9.17) is 10.8 Å². The number of carbonyl (C=O) groups excluding carboxylic acids is 3. The van der Waals surface area contributed by atoms with Gasteiger partial charge in [0.05, 0.1) is 0 Å². The molecule has 1 aromatic rings. The second-order valence-corrected chi connectivity index (χ2v) is 9.47. The third kappa shape index (κ3) is 5.99. The molecule has 1 aliphatic heterocycles. The van der Waals surface area contributed by atoms with Crippen molar-refractivity contribution in [2.45, 2.75) is 58.3 Å². The molecule has 0 bridgehead atoms. The standard InChI is InChI=1S/C22H31F2N5O5/c1-11(28(5)21(33)34)18(30)27-17(22(2,3)4)20(32)29-10-12(25)9-15(29)19(31)26-16-13(23)7-6-8-14(16)24/h6-8,11-12,15,17H,9-10,25H2,1-5H3,(H,26,31)(H,27,30)(H,33,34)/t11?,12?,15-,17?/m0/s1. The number of benzene rings is 1. The summed E-state index contributed by atoms with van der Waals surface area (Å²) in [4.78, 5) is 52.2. The van der Waals surface area contributed by atoms with E-state index in [1.54, 1.807) is 20.8 Å². The molecule has 1 aliphatic rings. The number of nitrogens with zero attached hydrogens (tertiary/aromatic N) is 2. The Hall–Kier alpha value is -3.28. The van der Waals surface area contributed by atoms with Crippen LogP contribution in [0.15, 0.2) is 18.2 Å². The molecule has 1 heterocycles. The van der Waals surface area contributed by atoms with Crippen LogP contribution in [0.4, 0.5) is 19.3 Å². The van der Waals surface area contributed by atoms with Crippen LogP contribution >= 0.6 is 0 Å². The molecule has 2 rings (SSSR count). The van der Waals surface area contributed by atoms with Crippen LogP contribution in [0.25, 0.3) is 0 Å². The Labute approximate surface area is 196 Å². The predicted molar refractivity (Wildman–Crippen MR) is 120 cm³/mol. The zero-order valence-electron chi connectivity index (χ0n) is 19.8. The molecule has 34 heavy (non-hydrogen) atoms. The Morgan fingerprint density at radius 1 is 1.21 bits per heavy atom. The number of halogens is 2. The van der Waals surface area contributed by atoms with Gasteiger partial charge in [-0.05, 0) is 30.9 Å². The number of nitrogens with one attached hydrogen (secondary N) is 2. The van der Waals surface area contributed by atoms with Crippen LogP contribution in [0.1, 0.15) is 34.1 Å². The average molecular weight is 484 g/mol. The molecule has 1 saturated heterocycles. The van der Waals surface area contributed by atoms with Crippen molar-refractivity contribution in [2.24, 2.45) is 11.1 Å². The zero-order chi connectivity index (χ0) is 26.0. The fourth-order valence-electron chi connectivity index (χ4n) is 3.60. The highest BCUT2D eigenvalue weighted by Crippen LogP contribution is 2.27. The number of amides is 4. The van der Waals surface area contributed by atoms with Gasteiger partial charge < -0.3 is 26.4 Å². The third-order valence-corrected chi connectivity index (χ3v) is 5.79. The van der Waals surface area contributed by atoms with Crippen molar-refractivity contribution < 1.29 is 33.1 Å². The molecule has 0 aliphatic carbocycles. The van der Waals surface area contributed by atoms with E-state index in [1.807, 2.05) is 0 Å².